The van der Waals surface area contributed by atoms with Gasteiger partial charge >= 0.3 is 6.09 Å². The van der Waals surface area contributed by atoms with E-state index in [1.807, 2.05) is 10.3 Å². The molecule has 1 atom stereocenters. The number of amides is 3. The summed E-state index contributed by atoms with van der Waals surface area (Å²) in [7, 11) is 0. The average Bonchev–Trinajstić information content (AvgIpc) is 3.38. The molecule has 3 heterocycles. The minimum atomic E-state index is -0.388. The lowest BCUT2D eigenvalue weighted by atomic mass is 10.0. The maximum atomic E-state index is 13.4. The molecule has 2 aliphatic heterocycles. The van der Waals surface area contributed by atoms with Crippen molar-refractivity contribution in [2.45, 2.75) is 58.2 Å². The molecule has 0 aromatic carbocycles. The highest BCUT2D eigenvalue weighted by molar-refractivity contribution is 7.09. The molecule has 0 aliphatic carbocycles. The van der Waals surface area contributed by atoms with E-state index >= 15 is 0 Å². The van der Waals surface area contributed by atoms with Crippen LogP contribution < -0.4 is 0 Å². The highest BCUT2D eigenvalue weighted by atomic mass is 32.1. The number of ether oxygens (including phenoxy) is 1. The summed E-state index contributed by atoms with van der Waals surface area (Å²) in [5, 5.41) is 2.78. The van der Waals surface area contributed by atoms with Crippen molar-refractivity contribution in [2.75, 3.05) is 26.2 Å². The Morgan fingerprint density at radius 2 is 2.00 bits per heavy atom. The lowest BCUT2D eigenvalue weighted by Crippen LogP contribution is -2.53. The first-order valence-electron chi connectivity index (χ1n) is 9.89. The van der Waals surface area contributed by atoms with Crippen LogP contribution in [-0.4, -0.2) is 75.9 Å². The fourth-order valence-electron chi connectivity index (χ4n) is 4.03. The number of carbonyl (C=O) groups is 3. The number of likely N-dealkylation sites (tertiary alicyclic amines) is 2. The van der Waals surface area contributed by atoms with Crippen molar-refractivity contribution >= 4 is 29.2 Å². The molecule has 1 aromatic heterocycles. The number of thiazole rings is 1. The minimum Gasteiger partial charge on any atom is -0.450 e. The SMILES string of the molecule is CCOC(=O)N1CCC(N(Cc2nccs2)C(=O)[C@@H]2CCCN2C(C)=O)CC1. The van der Waals surface area contributed by atoms with Crippen molar-refractivity contribution in [1.82, 2.24) is 19.7 Å². The molecule has 1 aromatic rings. The van der Waals surface area contributed by atoms with Gasteiger partial charge in [-0.3, -0.25) is 9.59 Å². The van der Waals surface area contributed by atoms with Crippen molar-refractivity contribution in [3.63, 3.8) is 0 Å². The molecular weight excluding hydrogens is 380 g/mol. The lowest BCUT2D eigenvalue weighted by Gasteiger charge is -2.39. The first-order chi connectivity index (χ1) is 13.5. The second kappa shape index (κ2) is 9.36. The molecule has 0 N–H and O–H groups in total. The van der Waals surface area contributed by atoms with Gasteiger partial charge in [0, 0.05) is 44.2 Å². The highest BCUT2D eigenvalue weighted by Crippen LogP contribution is 2.26. The summed E-state index contributed by atoms with van der Waals surface area (Å²) in [4.78, 5) is 46.9. The van der Waals surface area contributed by atoms with Crippen LogP contribution >= 0.6 is 11.3 Å². The third-order valence-electron chi connectivity index (χ3n) is 5.45. The summed E-state index contributed by atoms with van der Waals surface area (Å²) < 4.78 is 5.09. The Labute approximate surface area is 169 Å². The van der Waals surface area contributed by atoms with Gasteiger partial charge in [-0.15, -0.1) is 11.3 Å². The molecule has 28 heavy (non-hydrogen) atoms. The predicted octanol–water partition coefficient (Wildman–Crippen LogP) is 2.10. The standard InChI is InChI=1S/C19H28N4O4S/c1-3-27-19(26)21-10-6-15(7-11-21)23(13-17-20-8-12-28-17)18(25)16-5-4-9-22(16)14(2)24/h8,12,15-16H,3-7,9-11,13H2,1-2H3/t16-/m0/s1. The average molecular weight is 409 g/mol. The number of hydrogen-bond acceptors (Lipinski definition) is 6. The van der Waals surface area contributed by atoms with E-state index in [0.717, 1.165) is 11.4 Å². The molecule has 3 amide bonds. The summed E-state index contributed by atoms with van der Waals surface area (Å²) in [6, 6.07) is -0.364. The second-order valence-corrected chi connectivity index (χ2v) is 8.16. The topological polar surface area (TPSA) is 83.1 Å². The Balaban J connectivity index is 1.72. The number of hydrogen-bond donors (Lipinski definition) is 0. The van der Waals surface area contributed by atoms with E-state index in [2.05, 4.69) is 4.98 Å². The van der Waals surface area contributed by atoms with Crippen LogP contribution in [0.4, 0.5) is 4.79 Å². The van der Waals surface area contributed by atoms with Crippen LogP contribution in [-0.2, 0) is 20.9 Å². The molecule has 2 aliphatic rings. The van der Waals surface area contributed by atoms with Crippen molar-refractivity contribution < 1.29 is 19.1 Å². The third kappa shape index (κ3) is 4.63. The van der Waals surface area contributed by atoms with Crippen molar-refractivity contribution in [1.29, 1.82) is 0 Å². The molecule has 2 fully saturated rings. The molecule has 0 unspecified atom stereocenters. The number of aromatic nitrogens is 1. The van der Waals surface area contributed by atoms with Crippen LogP contribution in [0.5, 0.6) is 0 Å². The Bertz CT molecular complexity index is 688. The van der Waals surface area contributed by atoms with E-state index < -0.39 is 0 Å². The maximum absolute atomic E-state index is 13.4. The molecular formula is C19H28N4O4S. The molecule has 9 heteroatoms. The first-order valence-corrected chi connectivity index (χ1v) is 10.8. The number of carbonyl (C=O) groups excluding carboxylic acids is 3. The van der Waals surface area contributed by atoms with Crippen LogP contribution in [0.2, 0.25) is 0 Å². The van der Waals surface area contributed by atoms with Gasteiger partial charge in [-0.25, -0.2) is 9.78 Å². The van der Waals surface area contributed by atoms with Crippen LogP contribution in [0, 0.1) is 0 Å². The van der Waals surface area contributed by atoms with Gasteiger partial charge in [-0.1, -0.05) is 0 Å². The van der Waals surface area contributed by atoms with Gasteiger partial charge in [0.15, 0.2) is 0 Å². The summed E-state index contributed by atoms with van der Waals surface area (Å²) in [5.41, 5.74) is 0. The molecule has 2 saturated heterocycles. The van der Waals surface area contributed by atoms with Crippen LogP contribution in [0.15, 0.2) is 11.6 Å². The summed E-state index contributed by atoms with van der Waals surface area (Å²) >= 11 is 1.52. The van der Waals surface area contributed by atoms with E-state index in [1.165, 1.54) is 18.3 Å². The Morgan fingerprint density at radius 1 is 1.25 bits per heavy atom. The summed E-state index contributed by atoms with van der Waals surface area (Å²) in [6.07, 6.45) is 4.39. The summed E-state index contributed by atoms with van der Waals surface area (Å²) in [6.45, 7) is 5.88. The molecule has 0 spiro atoms. The second-order valence-electron chi connectivity index (χ2n) is 7.18. The van der Waals surface area contributed by atoms with E-state index in [-0.39, 0.29) is 30.0 Å². The van der Waals surface area contributed by atoms with Gasteiger partial charge in [0.2, 0.25) is 11.8 Å². The lowest BCUT2D eigenvalue weighted by molar-refractivity contribution is -0.145. The van der Waals surface area contributed by atoms with E-state index in [0.29, 0.717) is 52.0 Å². The predicted molar refractivity (Wildman–Crippen MR) is 105 cm³/mol. The fourth-order valence-corrected chi connectivity index (χ4v) is 4.64. The van der Waals surface area contributed by atoms with Gasteiger partial charge in [-0.05, 0) is 32.6 Å². The van der Waals surface area contributed by atoms with Gasteiger partial charge in [0.25, 0.3) is 0 Å². The van der Waals surface area contributed by atoms with E-state index in [4.69, 9.17) is 4.74 Å². The molecule has 154 valence electrons. The monoisotopic (exact) mass is 408 g/mol. The van der Waals surface area contributed by atoms with Crippen molar-refractivity contribution in [3.8, 4) is 0 Å². The van der Waals surface area contributed by atoms with Crippen molar-refractivity contribution in [2.24, 2.45) is 0 Å². The summed E-state index contributed by atoms with van der Waals surface area (Å²) in [5.74, 6) is -0.0559. The zero-order chi connectivity index (χ0) is 20.1. The minimum absolute atomic E-state index is 0.00233. The zero-order valence-corrected chi connectivity index (χ0v) is 17.3. The Morgan fingerprint density at radius 3 is 2.61 bits per heavy atom. The molecule has 0 saturated carbocycles. The van der Waals surface area contributed by atoms with Gasteiger partial charge in [0.05, 0.1) is 13.2 Å². The third-order valence-corrected chi connectivity index (χ3v) is 6.21. The Hall–Kier alpha value is -2.16. The highest BCUT2D eigenvalue weighted by Gasteiger charge is 2.39. The number of piperidine rings is 1. The quantitative estimate of drug-likeness (QED) is 0.745. The zero-order valence-electron chi connectivity index (χ0n) is 16.5. The smallest absolute Gasteiger partial charge is 0.409 e. The van der Waals surface area contributed by atoms with Crippen molar-refractivity contribution in [3.05, 3.63) is 16.6 Å². The Kier molecular flexibility index (Phi) is 6.88. The normalized spacial score (nSPS) is 20.3. The molecule has 0 bridgehead atoms. The van der Waals surface area contributed by atoms with Gasteiger partial charge < -0.3 is 19.4 Å². The van der Waals surface area contributed by atoms with Gasteiger partial charge in [-0.2, -0.15) is 0 Å². The number of rotatable bonds is 5. The molecule has 3 rings (SSSR count). The fraction of sp³-hybridized carbons (Fsp3) is 0.684. The largest absolute Gasteiger partial charge is 0.450 e. The van der Waals surface area contributed by atoms with E-state index in [1.54, 1.807) is 22.9 Å². The van der Waals surface area contributed by atoms with Crippen LogP contribution in [0.3, 0.4) is 0 Å². The molecule has 8 nitrogen and oxygen atoms in total. The molecule has 0 radical (unpaired) electrons. The number of nitrogens with zero attached hydrogens (tertiary/aromatic N) is 4. The maximum Gasteiger partial charge on any atom is 0.409 e. The van der Waals surface area contributed by atoms with Gasteiger partial charge in [0.1, 0.15) is 11.0 Å². The van der Waals surface area contributed by atoms with Crippen LogP contribution in [0.1, 0.15) is 44.5 Å². The first kappa shape index (κ1) is 20.6. The van der Waals surface area contributed by atoms with Crippen LogP contribution in [0.25, 0.3) is 0 Å². The van der Waals surface area contributed by atoms with E-state index in [9.17, 15) is 14.4 Å².